The predicted molar refractivity (Wildman–Crippen MR) is 86.5 cm³/mol. The van der Waals surface area contributed by atoms with Crippen molar-refractivity contribution in [2.45, 2.75) is 0 Å². The summed E-state index contributed by atoms with van der Waals surface area (Å²) in [5.74, 6) is 0.109. The van der Waals surface area contributed by atoms with Crippen molar-refractivity contribution in [3.8, 4) is 0 Å². The van der Waals surface area contributed by atoms with E-state index in [0.29, 0.717) is 11.5 Å². The fourth-order valence-corrected chi connectivity index (χ4v) is 2.26. The number of aromatic amines is 1. The number of benzene rings is 2. The van der Waals surface area contributed by atoms with E-state index in [9.17, 15) is 4.79 Å². The Hall–Kier alpha value is -3.28. The summed E-state index contributed by atoms with van der Waals surface area (Å²) >= 11 is 0. The minimum Gasteiger partial charge on any atom is -0.404 e. The first-order valence-electron chi connectivity index (χ1n) is 6.75. The highest BCUT2D eigenvalue weighted by Crippen LogP contribution is 2.24. The molecule has 0 aliphatic carbocycles. The molecule has 5 N–H and O–H groups in total. The summed E-state index contributed by atoms with van der Waals surface area (Å²) in [6.45, 7) is 0. The van der Waals surface area contributed by atoms with Gasteiger partial charge in [-0.3, -0.25) is 15.6 Å². The molecule has 22 heavy (non-hydrogen) atoms. The molecular weight excluding hydrogens is 278 g/mol. The molecule has 2 aromatic carbocycles. The number of carbonyl (C=O) groups excluding carboxylic acids is 1. The minimum atomic E-state index is -0.338. The lowest BCUT2D eigenvalue weighted by atomic mass is 9.98. The van der Waals surface area contributed by atoms with Gasteiger partial charge in [0.2, 0.25) is 5.95 Å². The van der Waals surface area contributed by atoms with Crippen molar-refractivity contribution in [1.82, 2.24) is 15.4 Å². The first-order chi connectivity index (χ1) is 10.8. The van der Waals surface area contributed by atoms with Gasteiger partial charge in [-0.1, -0.05) is 42.5 Å². The van der Waals surface area contributed by atoms with Crippen molar-refractivity contribution >= 4 is 28.2 Å². The van der Waals surface area contributed by atoms with E-state index in [-0.39, 0.29) is 5.91 Å². The number of hydrogen-bond acceptors (Lipinski definition) is 4. The molecule has 1 heterocycles. The lowest BCUT2D eigenvalue weighted by Crippen LogP contribution is -2.31. The van der Waals surface area contributed by atoms with Crippen LogP contribution in [0.4, 0.5) is 5.95 Å². The van der Waals surface area contributed by atoms with E-state index >= 15 is 0 Å². The van der Waals surface area contributed by atoms with Gasteiger partial charge in [-0.15, -0.1) is 0 Å². The highest BCUT2D eigenvalue weighted by molar-refractivity contribution is 6.22. The number of hydrazine groups is 1. The van der Waals surface area contributed by atoms with Gasteiger partial charge in [-0.05, 0) is 16.3 Å². The molecule has 0 saturated carbocycles. The molecule has 6 heteroatoms. The number of aromatic nitrogens is 2. The first-order valence-corrected chi connectivity index (χ1v) is 6.75. The van der Waals surface area contributed by atoms with Crippen molar-refractivity contribution in [3.63, 3.8) is 0 Å². The van der Waals surface area contributed by atoms with Gasteiger partial charge < -0.3 is 10.7 Å². The van der Waals surface area contributed by atoms with E-state index in [1.807, 2.05) is 42.5 Å². The zero-order chi connectivity index (χ0) is 15.4. The lowest BCUT2D eigenvalue weighted by molar-refractivity contribution is -0.115. The molecule has 0 fully saturated rings. The van der Waals surface area contributed by atoms with Crippen molar-refractivity contribution in [2.75, 3.05) is 5.43 Å². The van der Waals surface area contributed by atoms with Crippen LogP contribution in [0.1, 0.15) is 5.56 Å². The largest absolute Gasteiger partial charge is 0.404 e. The second kappa shape index (κ2) is 6.01. The second-order valence-electron chi connectivity index (χ2n) is 4.62. The summed E-state index contributed by atoms with van der Waals surface area (Å²) in [7, 11) is 0. The first kappa shape index (κ1) is 13.7. The number of rotatable bonds is 4. The zero-order valence-electron chi connectivity index (χ0n) is 11.7. The van der Waals surface area contributed by atoms with Crippen molar-refractivity contribution in [2.24, 2.45) is 5.73 Å². The summed E-state index contributed by atoms with van der Waals surface area (Å²) in [5.41, 5.74) is 12.1. The van der Waals surface area contributed by atoms with Crippen LogP contribution >= 0.6 is 0 Å². The topological polar surface area (TPSA) is 95.8 Å². The number of amides is 1. The van der Waals surface area contributed by atoms with Crippen LogP contribution in [-0.2, 0) is 4.79 Å². The number of fused-ring (bicyclic) bond motifs is 1. The van der Waals surface area contributed by atoms with E-state index in [1.165, 1.54) is 6.20 Å². The number of nitrogens with zero attached hydrogens (tertiary/aromatic N) is 1. The molecular formula is C16H15N5O. The number of nitrogens with two attached hydrogens (primary N) is 1. The van der Waals surface area contributed by atoms with Gasteiger partial charge in [0.1, 0.15) is 0 Å². The van der Waals surface area contributed by atoms with Gasteiger partial charge in [-0.2, -0.15) is 0 Å². The van der Waals surface area contributed by atoms with E-state index in [2.05, 4.69) is 20.8 Å². The van der Waals surface area contributed by atoms with Crippen LogP contribution in [-0.4, -0.2) is 15.9 Å². The van der Waals surface area contributed by atoms with Crippen LogP contribution in [0.3, 0.4) is 0 Å². The van der Waals surface area contributed by atoms with Crippen molar-refractivity contribution < 1.29 is 4.79 Å². The number of nitrogens with one attached hydrogen (secondary N) is 3. The molecule has 0 radical (unpaired) electrons. The number of hydrogen-bond donors (Lipinski definition) is 4. The Bertz CT molecular complexity index is 818. The second-order valence-corrected chi connectivity index (χ2v) is 4.62. The molecule has 1 aromatic heterocycles. The van der Waals surface area contributed by atoms with Gasteiger partial charge >= 0.3 is 0 Å². The number of imidazole rings is 1. The molecule has 0 bridgehead atoms. The third-order valence-electron chi connectivity index (χ3n) is 3.28. The quantitative estimate of drug-likeness (QED) is 0.437. The molecule has 1 amide bonds. The van der Waals surface area contributed by atoms with Crippen LogP contribution in [0, 0.1) is 0 Å². The fraction of sp³-hybridized carbons (Fsp3) is 0. The highest BCUT2D eigenvalue weighted by Gasteiger charge is 2.14. The highest BCUT2D eigenvalue weighted by atomic mass is 16.2. The molecule has 0 unspecified atom stereocenters. The Kier molecular flexibility index (Phi) is 3.74. The average molecular weight is 293 g/mol. The zero-order valence-corrected chi connectivity index (χ0v) is 11.7. The van der Waals surface area contributed by atoms with Gasteiger partial charge in [0, 0.05) is 18.6 Å². The molecule has 0 aliphatic heterocycles. The molecule has 0 spiro atoms. The molecule has 3 rings (SSSR count). The molecule has 3 aromatic rings. The summed E-state index contributed by atoms with van der Waals surface area (Å²) in [6, 6.07) is 13.6. The number of H-pyrrole nitrogens is 1. The maximum atomic E-state index is 12.4. The van der Waals surface area contributed by atoms with Crippen molar-refractivity contribution in [3.05, 3.63) is 66.6 Å². The molecule has 6 nitrogen and oxygen atoms in total. The fourth-order valence-electron chi connectivity index (χ4n) is 2.26. The molecule has 110 valence electrons. The summed E-state index contributed by atoms with van der Waals surface area (Å²) < 4.78 is 0. The normalized spacial score (nSPS) is 11.4. The van der Waals surface area contributed by atoms with Gasteiger partial charge in [-0.25, -0.2) is 4.98 Å². The van der Waals surface area contributed by atoms with E-state index in [0.717, 1.165) is 16.3 Å². The Morgan fingerprint density at radius 2 is 2.00 bits per heavy atom. The summed E-state index contributed by atoms with van der Waals surface area (Å²) in [4.78, 5) is 19.1. The van der Waals surface area contributed by atoms with Crippen molar-refractivity contribution in [1.29, 1.82) is 0 Å². The Morgan fingerprint density at radius 1 is 1.18 bits per heavy atom. The summed E-state index contributed by atoms with van der Waals surface area (Å²) in [5, 5.41) is 2.01. The maximum Gasteiger partial charge on any atom is 0.271 e. The number of anilines is 1. The predicted octanol–water partition coefficient (Wildman–Crippen LogP) is 2.01. The summed E-state index contributed by atoms with van der Waals surface area (Å²) in [6.07, 6.45) is 4.54. The standard InChI is InChI=1S/C16H15N5O/c17-10-14(15(22)20-21-16-18-8-9-19-16)13-7-3-5-11-4-1-2-6-12(11)13/h1-10H,17H2,(H,20,22)(H2,18,19,21). The Labute approximate surface area is 127 Å². The Morgan fingerprint density at radius 3 is 2.77 bits per heavy atom. The van der Waals surface area contributed by atoms with E-state index in [4.69, 9.17) is 5.73 Å². The van der Waals surface area contributed by atoms with Crippen LogP contribution < -0.4 is 16.6 Å². The van der Waals surface area contributed by atoms with Gasteiger partial charge in [0.05, 0.1) is 5.57 Å². The lowest BCUT2D eigenvalue weighted by Gasteiger charge is -2.11. The van der Waals surface area contributed by atoms with Crippen LogP contribution in [0.2, 0.25) is 0 Å². The molecule has 0 saturated heterocycles. The third-order valence-corrected chi connectivity index (χ3v) is 3.28. The SMILES string of the molecule is NC=C(C(=O)NNc1ncc[nH]1)c1cccc2ccccc12. The maximum absolute atomic E-state index is 12.4. The minimum absolute atomic E-state index is 0.338. The van der Waals surface area contributed by atoms with Crippen LogP contribution in [0.25, 0.3) is 16.3 Å². The molecule has 0 atom stereocenters. The molecule has 0 aliphatic rings. The monoisotopic (exact) mass is 293 g/mol. The smallest absolute Gasteiger partial charge is 0.271 e. The third kappa shape index (κ3) is 2.62. The average Bonchev–Trinajstić information content (AvgIpc) is 3.07. The van der Waals surface area contributed by atoms with E-state index < -0.39 is 0 Å². The Balaban J connectivity index is 1.88. The van der Waals surface area contributed by atoms with Crippen LogP contribution in [0.15, 0.2) is 61.1 Å². The van der Waals surface area contributed by atoms with Gasteiger partial charge in [0.15, 0.2) is 0 Å². The number of carbonyl (C=O) groups is 1. The van der Waals surface area contributed by atoms with Crippen LogP contribution in [0.5, 0.6) is 0 Å². The van der Waals surface area contributed by atoms with E-state index in [1.54, 1.807) is 12.4 Å². The van der Waals surface area contributed by atoms with Gasteiger partial charge in [0.25, 0.3) is 5.91 Å².